The number of anilines is 1. The Morgan fingerprint density at radius 1 is 1.50 bits per heavy atom. The number of hydrogen-bond acceptors (Lipinski definition) is 3. The standard InChI is InChI=1S/C14H18FNO2/c1-3-10-12(8-7-11(15)14(10)17)16(2)13-6-4-5-9-18-13/h3,7-8,13,17H,1,4-6,9H2,2H3. The van der Waals surface area contributed by atoms with Crippen LogP contribution in [-0.4, -0.2) is 25.0 Å². The number of aromatic hydroxyl groups is 1. The SMILES string of the molecule is C=Cc1c(N(C)C2CCCCO2)ccc(F)c1O. The lowest BCUT2D eigenvalue weighted by Gasteiger charge is -2.33. The molecule has 18 heavy (non-hydrogen) atoms. The lowest BCUT2D eigenvalue weighted by molar-refractivity contribution is 0.0173. The number of nitrogens with zero attached hydrogens (tertiary/aromatic N) is 1. The smallest absolute Gasteiger partial charge is 0.165 e. The number of hydrogen-bond donors (Lipinski definition) is 1. The first kappa shape index (κ1) is 12.9. The quantitative estimate of drug-likeness (QED) is 0.895. The van der Waals surface area contributed by atoms with Crippen LogP contribution in [0.1, 0.15) is 24.8 Å². The van der Waals surface area contributed by atoms with E-state index >= 15 is 0 Å². The molecule has 0 amide bonds. The van der Waals surface area contributed by atoms with Gasteiger partial charge in [-0.25, -0.2) is 4.39 Å². The Morgan fingerprint density at radius 2 is 2.28 bits per heavy atom. The first-order chi connectivity index (χ1) is 8.65. The molecule has 1 heterocycles. The Balaban J connectivity index is 2.31. The lowest BCUT2D eigenvalue weighted by Crippen LogP contribution is -2.37. The van der Waals surface area contributed by atoms with E-state index in [1.165, 1.54) is 12.1 Å². The summed E-state index contributed by atoms with van der Waals surface area (Å²) in [7, 11) is 1.88. The Hall–Kier alpha value is -1.55. The van der Waals surface area contributed by atoms with Gasteiger partial charge < -0.3 is 14.7 Å². The molecule has 1 unspecified atom stereocenters. The van der Waals surface area contributed by atoms with Gasteiger partial charge >= 0.3 is 0 Å². The van der Waals surface area contributed by atoms with Crippen molar-refractivity contribution >= 4 is 11.8 Å². The van der Waals surface area contributed by atoms with Crippen LogP contribution < -0.4 is 4.90 Å². The zero-order valence-corrected chi connectivity index (χ0v) is 10.5. The summed E-state index contributed by atoms with van der Waals surface area (Å²) in [6, 6.07) is 2.90. The Bertz CT molecular complexity index is 442. The van der Waals surface area contributed by atoms with Crippen molar-refractivity contribution in [1.29, 1.82) is 0 Å². The summed E-state index contributed by atoms with van der Waals surface area (Å²) in [6.07, 6.45) is 4.57. The minimum absolute atomic E-state index is 0.0256. The van der Waals surface area contributed by atoms with Crippen LogP contribution in [0.3, 0.4) is 0 Å². The van der Waals surface area contributed by atoms with Crippen LogP contribution in [0.4, 0.5) is 10.1 Å². The van der Waals surface area contributed by atoms with Gasteiger partial charge in [-0.3, -0.25) is 0 Å². The molecule has 1 aromatic carbocycles. The maximum Gasteiger partial charge on any atom is 0.165 e. The first-order valence-electron chi connectivity index (χ1n) is 6.13. The number of halogens is 1. The van der Waals surface area contributed by atoms with E-state index in [9.17, 15) is 9.50 Å². The van der Waals surface area contributed by atoms with Crippen LogP contribution in [0.5, 0.6) is 5.75 Å². The molecular weight excluding hydrogens is 233 g/mol. The van der Waals surface area contributed by atoms with Crippen molar-refractivity contribution in [2.75, 3.05) is 18.6 Å². The minimum Gasteiger partial charge on any atom is -0.504 e. The average molecular weight is 251 g/mol. The Kier molecular flexibility index (Phi) is 3.87. The van der Waals surface area contributed by atoms with Gasteiger partial charge in [0.2, 0.25) is 0 Å². The molecule has 1 atom stereocenters. The Morgan fingerprint density at radius 3 is 2.89 bits per heavy atom. The molecule has 1 aliphatic heterocycles. The van der Waals surface area contributed by atoms with Gasteiger partial charge in [0.25, 0.3) is 0 Å². The monoisotopic (exact) mass is 251 g/mol. The fourth-order valence-corrected chi connectivity index (χ4v) is 2.26. The van der Waals surface area contributed by atoms with Gasteiger partial charge in [-0.2, -0.15) is 0 Å². The van der Waals surface area contributed by atoms with Gasteiger partial charge in [0, 0.05) is 24.9 Å². The number of phenolic OH excluding ortho intramolecular Hbond substituents is 1. The van der Waals surface area contributed by atoms with E-state index in [-0.39, 0.29) is 12.0 Å². The molecule has 0 bridgehead atoms. The van der Waals surface area contributed by atoms with E-state index in [1.807, 2.05) is 11.9 Å². The molecule has 0 saturated carbocycles. The number of benzene rings is 1. The molecule has 1 aromatic rings. The summed E-state index contributed by atoms with van der Waals surface area (Å²) >= 11 is 0. The minimum atomic E-state index is -0.633. The summed E-state index contributed by atoms with van der Waals surface area (Å²) in [5.74, 6) is -0.989. The zero-order chi connectivity index (χ0) is 13.1. The van der Waals surface area contributed by atoms with Gasteiger partial charge in [-0.1, -0.05) is 12.7 Å². The van der Waals surface area contributed by atoms with Crippen molar-refractivity contribution in [3.8, 4) is 5.75 Å². The highest BCUT2D eigenvalue weighted by Crippen LogP contribution is 2.33. The van der Waals surface area contributed by atoms with E-state index in [0.717, 1.165) is 31.6 Å². The van der Waals surface area contributed by atoms with Crippen molar-refractivity contribution in [3.63, 3.8) is 0 Å². The molecule has 98 valence electrons. The second-order valence-corrected chi connectivity index (χ2v) is 4.47. The van der Waals surface area contributed by atoms with E-state index in [2.05, 4.69) is 6.58 Å². The lowest BCUT2D eigenvalue weighted by atomic mass is 10.1. The van der Waals surface area contributed by atoms with Crippen molar-refractivity contribution in [2.24, 2.45) is 0 Å². The third kappa shape index (κ3) is 2.34. The van der Waals surface area contributed by atoms with Crippen molar-refractivity contribution < 1.29 is 14.2 Å². The predicted molar refractivity (Wildman–Crippen MR) is 70.1 cm³/mol. The molecule has 4 heteroatoms. The maximum atomic E-state index is 13.3. The van der Waals surface area contributed by atoms with Gasteiger partial charge in [0.1, 0.15) is 6.23 Å². The van der Waals surface area contributed by atoms with Gasteiger partial charge in [-0.15, -0.1) is 0 Å². The van der Waals surface area contributed by atoms with Crippen molar-refractivity contribution in [2.45, 2.75) is 25.5 Å². The molecule has 2 rings (SSSR count). The fraction of sp³-hybridized carbons (Fsp3) is 0.429. The third-order valence-electron chi connectivity index (χ3n) is 3.32. The molecule has 1 saturated heterocycles. The second kappa shape index (κ2) is 5.40. The van der Waals surface area contributed by atoms with E-state index in [4.69, 9.17) is 4.74 Å². The summed E-state index contributed by atoms with van der Waals surface area (Å²) in [6.45, 7) is 4.37. The molecule has 0 spiro atoms. The van der Waals surface area contributed by atoms with Crippen molar-refractivity contribution in [1.82, 2.24) is 0 Å². The highest BCUT2D eigenvalue weighted by molar-refractivity contribution is 5.72. The van der Waals surface area contributed by atoms with Crippen LogP contribution in [-0.2, 0) is 4.74 Å². The third-order valence-corrected chi connectivity index (χ3v) is 3.32. The molecule has 3 nitrogen and oxygen atoms in total. The summed E-state index contributed by atoms with van der Waals surface area (Å²) in [5.41, 5.74) is 1.14. The van der Waals surface area contributed by atoms with Gasteiger partial charge in [-0.05, 0) is 31.4 Å². The van der Waals surface area contributed by atoms with Crippen LogP contribution in [0.2, 0.25) is 0 Å². The largest absolute Gasteiger partial charge is 0.504 e. The summed E-state index contributed by atoms with van der Waals surface area (Å²) < 4.78 is 19.0. The summed E-state index contributed by atoms with van der Waals surface area (Å²) in [5, 5.41) is 9.71. The number of rotatable bonds is 3. The molecular formula is C14H18FNO2. The fourth-order valence-electron chi connectivity index (χ4n) is 2.26. The van der Waals surface area contributed by atoms with Crippen molar-refractivity contribution in [3.05, 3.63) is 30.1 Å². The van der Waals surface area contributed by atoms with Crippen LogP contribution >= 0.6 is 0 Å². The molecule has 0 aliphatic carbocycles. The maximum absolute atomic E-state index is 13.3. The van der Waals surface area contributed by atoms with E-state index in [0.29, 0.717) is 5.56 Å². The zero-order valence-electron chi connectivity index (χ0n) is 10.5. The van der Waals surface area contributed by atoms with Gasteiger partial charge in [0.05, 0.1) is 0 Å². The molecule has 0 aromatic heterocycles. The topological polar surface area (TPSA) is 32.7 Å². The van der Waals surface area contributed by atoms with Crippen LogP contribution in [0.25, 0.3) is 6.08 Å². The highest BCUT2D eigenvalue weighted by Gasteiger charge is 2.22. The number of ether oxygens (including phenoxy) is 1. The normalized spacial score (nSPS) is 19.6. The molecule has 0 radical (unpaired) electrons. The highest BCUT2D eigenvalue weighted by atomic mass is 19.1. The second-order valence-electron chi connectivity index (χ2n) is 4.47. The van der Waals surface area contributed by atoms with Gasteiger partial charge in [0.15, 0.2) is 11.6 Å². The van der Waals surface area contributed by atoms with Crippen LogP contribution in [0, 0.1) is 5.82 Å². The molecule has 1 fully saturated rings. The van der Waals surface area contributed by atoms with E-state index in [1.54, 1.807) is 6.07 Å². The summed E-state index contributed by atoms with van der Waals surface area (Å²) in [4.78, 5) is 1.93. The molecule has 1 aliphatic rings. The average Bonchev–Trinajstić information content (AvgIpc) is 2.42. The number of phenols is 1. The van der Waals surface area contributed by atoms with E-state index < -0.39 is 5.82 Å². The van der Waals surface area contributed by atoms with Crippen LogP contribution in [0.15, 0.2) is 18.7 Å². The Labute approximate surface area is 106 Å². The first-order valence-corrected chi connectivity index (χ1v) is 6.13. The molecule has 1 N–H and O–H groups in total. The predicted octanol–water partition coefficient (Wildman–Crippen LogP) is 3.14.